The van der Waals surface area contributed by atoms with Gasteiger partial charge in [0.15, 0.2) is 0 Å². The molecule has 3 aliphatic rings. The first-order chi connectivity index (χ1) is 10.2. The smallest absolute Gasteiger partial charge is 0.338 e. The van der Waals surface area contributed by atoms with Gasteiger partial charge in [-0.3, -0.25) is 4.90 Å². The predicted molar refractivity (Wildman–Crippen MR) is 77.2 cm³/mol. The molecule has 3 aliphatic heterocycles. The van der Waals surface area contributed by atoms with E-state index in [9.17, 15) is 4.79 Å². The Hall–Kier alpha value is -1.43. The fraction of sp³-hybridized carbons (Fsp3) is 0.562. The second-order valence-electron chi connectivity index (χ2n) is 6.06. The van der Waals surface area contributed by atoms with Gasteiger partial charge in [-0.1, -0.05) is 6.07 Å². The maximum atomic E-state index is 11.6. The molecule has 2 atom stereocenters. The largest absolute Gasteiger partial charge is 0.457 e. The number of hydrogen-bond acceptors (Lipinski definition) is 5. The number of hydrogen-bond donors (Lipinski definition) is 1. The average Bonchev–Trinajstić information content (AvgIpc) is 2.90. The van der Waals surface area contributed by atoms with Crippen LogP contribution in [0.3, 0.4) is 0 Å². The summed E-state index contributed by atoms with van der Waals surface area (Å²) in [7, 11) is 0. The lowest BCUT2D eigenvalue weighted by molar-refractivity contribution is -0.0720. The Labute approximate surface area is 124 Å². The van der Waals surface area contributed by atoms with Crippen LogP contribution in [0.25, 0.3) is 0 Å². The van der Waals surface area contributed by atoms with E-state index in [0.717, 1.165) is 43.9 Å². The molecule has 0 amide bonds. The quantitative estimate of drug-likeness (QED) is 0.782. The second-order valence-corrected chi connectivity index (χ2v) is 6.06. The number of rotatable bonds is 1. The standard InChI is InChI=1S/C16H20N2O3/c1-10-12(2-3-13-14(10)9-21-16(13)19)15-7-18-5-4-17-6-11(18)8-20-15/h2-3,11,15,17H,4-9H2,1H3/t11?,15-/m0/s1. The van der Waals surface area contributed by atoms with Gasteiger partial charge >= 0.3 is 5.97 Å². The molecule has 0 aliphatic carbocycles. The normalized spacial score (nSPS) is 28.9. The van der Waals surface area contributed by atoms with Crippen molar-refractivity contribution in [3.8, 4) is 0 Å². The van der Waals surface area contributed by atoms with E-state index < -0.39 is 0 Å². The van der Waals surface area contributed by atoms with Crippen molar-refractivity contribution in [2.75, 3.05) is 32.8 Å². The summed E-state index contributed by atoms with van der Waals surface area (Å²) < 4.78 is 11.2. The summed E-state index contributed by atoms with van der Waals surface area (Å²) >= 11 is 0. The Balaban J connectivity index is 1.61. The maximum absolute atomic E-state index is 11.6. The summed E-state index contributed by atoms with van der Waals surface area (Å²) in [5.41, 5.74) is 4.09. The lowest BCUT2D eigenvalue weighted by atomic mass is 9.94. The highest BCUT2D eigenvalue weighted by molar-refractivity contribution is 5.93. The number of cyclic esters (lactones) is 1. The Morgan fingerprint density at radius 1 is 1.38 bits per heavy atom. The third-order valence-corrected chi connectivity index (χ3v) is 4.92. The molecule has 21 heavy (non-hydrogen) atoms. The molecule has 5 nitrogen and oxygen atoms in total. The zero-order valence-corrected chi connectivity index (χ0v) is 12.2. The third-order valence-electron chi connectivity index (χ3n) is 4.92. The summed E-state index contributed by atoms with van der Waals surface area (Å²) in [6.07, 6.45) is 0.0975. The number of carbonyl (C=O) groups is 1. The lowest BCUT2D eigenvalue weighted by Crippen LogP contribution is -2.57. The number of esters is 1. The van der Waals surface area contributed by atoms with Gasteiger partial charge < -0.3 is 14.8 Å². The van der Waals surface area contributed by atoms with E-state index in [-0.39, 0.29) is 12.1 Å². The maximum Gasteiger partial charge on any atom is 0.338 e. The van der Waals surface area contributed by atoms with Crippen LogP contribution in [-0.2, 0) is 16.1 Å². The van der Waals surface area contributed by atoms with E-state index in [1.807, 2.05) is 12.1 Å². The van der Waals surface area contributed by atoms with Gasteiger partial charge in [0.25, 0.3) is 0 Å². The molecule has 0 saturated carbocycles. The molecule has 0 spiro atoms. The highest BCUT2D eigenvalue weighted by atomic mass is 16.5. The zero-order valence-electron chi connectivity index (χ0n) is 12.2. The Bertz CT molecular complexity index is 587. The fourth-order valence-corrected chi connectivity index (χ4v) is 3.61. The van der Waals surface area contributed by atoms with E-state index in [2.05, 4.69) is 17.1 Å². The van der Waals surface area contributed by atoms with Gasteiger partial charge in [0.2, 0.25) is 0 Å². The molecule has 1 N–H and O–H groups in total. The minimum Gasteiger partial charge on any atom is -0.457 e. The van der Waals surface area contributed by atoms with Crippen molar-refractivity contribution in [3.05, 3.63) is 34.4 Å². The third kappa shape index (κ3) is 2.16. The minimum atomic E-state index is -0.202. The van der Waals surface area contributed by atoms with E-state index in [1.54, 1.807) is 0 Å². The molecule has 112 valence electrons. The van der Waals surface area contributed by atoms with Crippen molar-refractivity contribution < 1.29 is 14.3 Å². The summed E-state index contributed by atoms with van der Waals surface area (Å²) in [6, 6.07) is 4.42. The van der Waals surface area contributed by atoms with Crippen molar-refractivity contribution in [2.24, 2.45) is 0 Å². The number of fused-ring (bicyclic) bond motifs is 2. The fourth-order valence-electron chi connectivity index (χ4n) is 3.61. The number of piperazine rings is 1. The van der Waals surface area contributed by atoms with Crippen LogP contribution in [0.5, 0.6) is 0 Å². The molecular formula is C16H20N2O3. The van der Waals surface area contributed by atoms with Crippen LogP contribution in [0.4, 0.5) is 0 Å². The van der Waals surface area contributed by atoms with Crippen LogP contribution in [0, 0.1) is 6.92 Å². The van der Waals surface area contributed by atoms with E-state index in [0.29, 0.717) is 18.2 Å². The summed E-state index contributed by atoms with van der Waals surface area (Å²) in [5, 5.41) is 3.41. The second kappa shape index (κ2) is 5.09. The van der Waals surface area contributed by atoms with E-state index >= 15 is 0 Å². The van der Waals surface area contributed by atoms with Gasteiger partial charge in [-0.05, 0) is 24.1 Å². The monoisotopic (exact) mass is 288 g/mol. The average molecular weight is 288 g/mol. The Morgan fingerprint density at radius 2 is 2.29 bits per heavy atom. The molecule has 0 bridgehead atoms. The van der Waals surface area contributed by atoms with E-state index in [4.69, 9.17) is 9.47 Å². The molecule has 0 radical (unpaired) electrons. The van der Waals surface area contributed by atoms with Crippen LogP contribution >= 0.6 is 0 Å². The molecule has 5 heteroatoms. The number of nitrogens with one attached hydrogen (secondary N) is 1. The molecule has 3 heterocycles. The summed E-state index contributed by atoms with van der Waals surface area (Å²) in [4.78, 5) is 14.1. The van der Waals surface area contributed by atoms with Crippen LogP contribution in [0.2, 0.25) is 0 Å². The number of morpholine rings is 1. The molecule has 1 aromatic carbocycles. The van der Waals surface area contributed by atoms with Crippen LogP contribution in [-0.4, -0.2) is 49.7 Å². The molecule has 1 unspecified atom stereocenters. The molecule has 1 aromatic rings. The van der Waals surface area contributed by atoms with E-state index in [1.165, 1.54) is 5.56 Å². The molecular weight excluding hydrogens is 268 g/mol. The first kappa shape index (κ1) is 13.2. The SMILES string of the molecule is Cc1c([C@@H]2CN3CCNCC3CO2)ccc2c1COC2=O. The lowest BCUT2D eigenvalue weighted by Gasteiger charge is -2.43. The van der Waals surface area contributed by atoms with Crippen LogP contribution < -0.4 is 5.32 Å². The summed E-state index contributed by atoms with van der Waals surface area (Å²) in [5.74, 6) is -0.202. The molecule has 2 fully saturated rings. The van der Waals surface area contributed by atoms with Crippen molar-refractivity contribution >= 4 is 5.97 Å². The first-order valence-corrected chi connectivity index (χ1v) is 7.60. The summed E-state index contributed by atoms with van der Waals surface area (Å²) in [6.45, 7) is 7.31. The van der Waals surface area contributed by atoms with Gasteiger partial charge in [-0.2, -0.15) is 0 Å². The highest BCUT2D eigenvalue weighted by Gasteiger charge is 2.33. The van der Waals surface area contributed by atoms with Gasteiger partial charge in [0, 0.05) is 37.8 Å². The van der Waals surface area contributed by atoms with Gasteiger partial charge in [0.05, 0.1) is 18.3 Å². The molecule has 2 saturated heterocycles. The molecule has 4 rings (SSSR count). The predicted octanol–water partition coefficient (Wildman–Crippen LogP) is 1.01. The highest BCUT2D eigenvalue weighted by Crippen LogP contribution is 2.33. The Morgan fingerprint density at radius 3 is 3.19 bits per heavy atom. The van der Waals surface area contributed by atoms with Crippen molar-refractivity contribution in [1.29, 1.82) is 0 Å². The number of benzene rings is 1. The number of ether oxygens (including phenoxy) is 2. The zero-order chi connectivity index (χ0) is 14.4. The van der Waals surface area contributed by atoms with Gasteiger partial charge in [-0.25, -0.2) is 4.79 Å². The van der Waals surface area contributed by atoms with Crippen LogP contribution in [0.15, 0.2) is 12.1 Å². The number of carbonyl (C=O) groups excluding carboxylic acids is 1. The first-order valence-electron chi connectivity index (χ1n) is 7.60. The molecule has 0 aromatic heterocycles. The Kier molecular flexibility index (Phi) is 3.21. The van der Waals surface area contributed by atoms with Crippen LogP contribution in [0.1, 0.15) is 33.2 Å². The van der Waals surface area contributed by atoms with Crippen molar-refractivity contribution in [2.45, 2.75) is 25.7 Å². The van der Waals surface area contributed by atoms with Crippen molar-refractivity contribution in [1.82, 2.24) is 10.2 Å². The number of nitrogens with zero attached hydrogens (tertiary/aromatic N) is 1. The van der Waals surface area contributed by atoms with Crippen molar-refractivity contribution in [3.63, 3.8) is 0 Å². The van der Waals surface area contributed by atoms with Gasteiger partial charge in [-0.15, -0.1) is 0 Å². The van der Waals surface area contributed by atoms with Gasteiger partial charge in [0.1, 0.15) is 6.61 Å². The topological polar surface area (TPSA) is 50.8 Å². The minimum absolute atomic E-state index is 0.0975.